The molecule has 176 valence electrons. The second kappa shape index (κ2) is 9.59. The Labute approximate surface area is 210 Å². The van der Waals surface area contributed by atoms with Gasteiger partial charge in [-0.15, -0.1) is 23.5 Å². The van der Waals surface area contributed by atoms with Crippen molar-refractivity contribution in [3.63, 3.8) is 0 Å². The van der Waals surface area contributed by atoms with Gasteiger partial charge in [-0.05, 0) is 60.9 Å². The van der Waals surface area contributed by atoms with Crippen LogP contribution in [0.2, 0.25) is 0 Å². The number of hydrogen-bond acceptors (Lipinski definition) is 5. The fourth-order valence-electron chi connectivity index (χ4n) is 5.31. The molecule has 5 rings (SSSR count). The molecule has 4 nitrogen and oxygen atoms in total. The standard InChI is InChI=1S/C28H29NO3S2/c1-28-22-17-25(32-3)24(31-2)16-19(22)14-15-29(28)26(30)18-23(28)27(33-20-10-6-4-7-11-20)34-21-12-8-5-9-13-21/h4-13,16-17,23,27H,14-15,18H2,1-3H3/t23-,28+/m1/s1. The van der Waals surface area contributed by atoms with Gasteiger partial charge in [-0.2, -0.15) is 0 Å². The average molecular weight is 492 g/mol. The third-order valence-corrected chi connectivity index (χ3v) is 9.84. The predicted molar refractivity (Wildman–Crippen MR) is 139 cm³/mol. The van der Waals surface area contributed by atoms with Crippen LogP contribution in [-0.4, -0.2) is 36.2 Å². The van der Waals surface area contributed by atoms with Crippen LogP contribution in [0.4, 0.5) is 0 Å². The molecule has 2 aliphatic rings. The van der Waals surface area contributed by atoms with Gasteiger partial charge < -0.3 is 14.4 Å². The summed E-state index contributed by atoms with van der Waals surface area (Å²) in [5.74, 6) is 1.81. The molecule has 0 radical (unpaired) electrons. The zero-order valence-corrected chi connectivity index (χ0v) is 21.3. The van der Waals surface area contributed by atoms with Crippen LogP contribution in [0.15, 0.2) is 82.6 Å². The highest BCUT2D eigenvalue weighted by Gasteiger charge is 2.56. The highest BCUT2D eigenvalue weighted by atomic mass is 32.2. The Hall–Kier alpha value is -2.57. The number of carbonyl (C=O) groups excluding carboxylic acids is 1. The summed E-state index contributed by atoms with van der Waals surface area (Å²) in [5, 5.41) is 0. The molecular weight excluding hydrogens is 462 g/mol. The minimum absolute atomic E-state index is 0.118. The first-order valence-electron chi connectivity index (χ1n) is 11.5. The van der Waals surface area contributed by atoms with E-state index in [1.807, 2.05) is 35.7 Å². The molecule has 2 atom stereocenters. The number of benzene rings is 3. The molecule has 2 aliphatic heterocycles. The largest absolute Gasteiger partial charge is 0.493 e. The van der Waals surface area contributed by atoms with E-state index in [4.69, 9.17) is 9.47 Å². The number of thioether (sulfide) groups is 2. The molecule has 3 aromatic carbocycles. The van der Waals surface area contributed by atoms with E-state index >= 15 is 0 Å². The maximum absolute atomic E-state index is 13.4. The van der Waals surface area contributed by atoms with E-state index in [9.17, 15) is 4.79 Å². The van der Waals surface area contributed by atoms with Gasteiger partial charge >= 0.3 is 0 Å². The van der Waals surface area contributed by atoms with Crippen molar-refractivity contribution in [1.29, 1.82) is 0 Å². The lowest BCUT2D eigenvalue weighted by molar-refractivity contribution is -0.131. The second-order valence-corrected chi connectivity index (χ2v) is 11.6. The van der Waals surface area contributed by atoms with Crippen molar-refractivity contribution in [3.8, 4) is 11.5 Å². The molecule has 0 saturated carbocycles. The molecule has 0 spiro atoms. The Bertz CT molecular complexity index is 1130. The average Bonchev–Trinajstić information content (AvgIpc) is 3.14. The lowest BCUT2D eigenvalue weighted by Crippen LogP contribution is -2.50. The van der Waals surface area contributed by atoms with Gasteiger partial charge in [0, 0.05) is 28.7 Å². The molecule has 1 amide bonds. The molecule has 1 fully saturated rings. The molecule has 2 heterocycles. The van der Waals surface area contributed by atoms with Crippen molar-refractivity contribution in [2.45, 2.75) is 39.7 Å². The van der Waals surface area contributed by atoms with Crippen molar-refractivity contribution in [2.75, 3.05) is 20.8 Å². The van der Waals surface area contributed by atoms with Crippen molar-refractivity contribution < 1.29 is 14.3 Å². The fraction of sp³-hybridized carbons (Fsp3) is 0.321. The molecule has 3 aromatic rings. The normalized spacial score (nSPS) is 21.4. The van der Waals surface area contributed by atoms with Crippen LogP contribution in [0.25, 0.3) is 0 Å². The lowest BCUT2D eigenvalue weighted by atomic mass is 9.76. The zero-order chi connectivity index (χ0) is 23.7. The number of methoxy groups -OCH3 is 2. The van der Waals surface area contributed by atoms with Gasteiger partial charge in [0.15, 0.2) is 11.5 Å². The Morgan fingerprint density at radius 2 is 1.47 bits per heavy atom. The van der Waals surface area contributed by atoms with E-state index in [2.05, 4.69) is 72.5 Å². The predicted octanol–water partition coefficient (Wildman–Crippen LogP) is 6.23. The van der Waals surface area contributed by atoms with Crippen LogP contribution in [0, 0.1) is 5.92 Å². The third-order valence-electron chi connectivity index (χ3n) is 7.06. The van der Waals surface area contributed by atoms with Crippen LogP contribution >= 0.6 is 23.5 Å². The molecule has 0 aromatic heterocycles. The third kappa shape index (κ3) is 4.07. The number of fused-ring (bicyclic) bond motifs is 3. The molecular formula is C28H29NO3S2. The van der Waals surface area contributed by atoms with Crippen LogP contribution in [0.5, 0.6) is 11.5 Å². The number of rotatable bonds is 7. The molecule has 0 aliphatic carbocycles. The van der Waals surface area contributed by atoms with Gasteiger partial charge in [0.2, 0.25) is 5.91 Å². The van der Waals surface area contributed by atoms with E-state index in [0.717, 1.165) is 18.7 Å². The van der Waals surface area contributed by atoms with E-state index < -0.39 is 5.54 Å². The molecule has 34 heavy (non-hydrogen) atoms. The Balaban J connectivity index is 1.60. The quantitative estimate of drug-likeness (QED) is 0.289. The van der Waals surface area contributed by atoms with E-state index in [0.29, 0.717) is 12.2 Å². The molecule has 0 N–H and O–H groups in total. The number of ether oxygens (including phenoxy) is 2. The first-order chi connectivity index (χ1) is 16.5. The van der Waals surface area contributed by atoms with E-state index in [1.165, 1.54) is 20.9 Å². The summed E-state index contributed by atoms with van der Waals surface area (Å²) in [6.45, 7) is 2.98. The zero-order valence-electron chi connectivity index (χ0n) is 19.7. The van der Waals surface area contributed by atoms with Crippen LogP contribution in [-0.2, 0) is 16.8 Å². The maximum Gasteiger partial charge on any atom is 0.223 e. The first kappa shape index (κ1) is 23.2. The summed E-state index contributed by atoms with van der Waals surface area (Å²) in [6, 6.07) is 25.2. The SMILES string of the molecule is COc1cc2c(cc1OC)[C@@]1(C)[C@@H](C(Sc3ccccc3)Sc3ccccc3)CC(=O)N1CC2. The summed E-state index contributed by atoms with van der Waals surface area (Å²) >= 11 is 3.72. The number of nitrogens with zero attached hydrogens (tertiary/aromatic N) is 1. The van der Waals surface area contributed by atoms with Crippen molar-refractivity contribution in [1.82, 2.24) is 4.90 Å². The van der Waals surface area contributed by atoms with Crippen LogP contribution < -0.4 is 9.47 Å². The van der Waals surface area contributed by atoms with Crippen molar-refractivity contribution in [3.05, 3.63) is 83.9 Å². The minimum Gasteiger partial charge on any atom is -0.493 e. The van der Waals surface area contributed by atoms with Gasteiger partial charge in [-0.25, -0.2) is 0 Å². The summed E-state index contributed by atoms with van der Waals surface area (Å²) in [7, 11) is 3.34. The number of amides is 1. The molecule has 0 bridgehead atoms. The Morgan fingerprint density at radius 1 is 0.912 bits per heavy atom. The fourth-order valence-corrected chi connectivity index (χ4v) is 8.38. The lowest BCUT2D eigenvalue weighted by Gasteiger charge is -2.46. The minimum atomic E-state index is -0.418. The van der Waals surface area contributed by atoms with E-state index in [1.54, 1.807) is 14.2 Å². The van der Waals surface area contributed by atoms with Gasteiger partial charge in [0.05, 0.1) is 24.3 Å². The highest BCUT2D eigenvalue weighted by molar-refractivity contribution is 8.17. The van der Waals surface area contributed by atoms with Crippen molar-refractivity contribution in [2.24, 2.45) is 5.92 Å². The summed E-state index contributed by atoms with van der Waals surface area (Å²) in [6.07, 6.45) is 1.36. The smallest absolute Gasteiger partial charge is 0.223 e. The molecule has 6 heteroatoms. The number of hydrogen-bond donors (Lipinski definition) is 0. The summed E-state index contributed by atoms with van der Waals surface area (Å²) < 4.78 is 11.4. The Morgan fingerprint density at radius 3 is 2.03 bits per heavy atom. The Kier molecular flexibility index (Phi) is 6.54. The molecule has 1 saturated heterocycles. The number of carbonyl (C=O) groups is 1. The second-order valence-electron chi connectivity index (χ2n) is 8.85. The van der Waals surface area contributed by atoms with Gasteiger partial charge in [-0.1, -0.05) is 36.4 Å². The van der Waals surface area contributed by atoms with Gasteiger partial charge in [0.1, 0.15) is 0 Å². The van der Waals surface area contributed by atoms with Crippen LogP contribution in [0.1, 0.15) is 24.5 Å². The maximum atomic E-state index is 13.4. The summed E-state index contributed by atoms with van der Waals surface area (Å²) in [4.78, 5) is 17.9. The van der Waals surface area contributed by atoms with Gasteiger partial charge in [0.25, 0.3) is 0 Å². The topological polar surface area (TPSA) is 38.8 Å². The summed E-state index contributed by atoms with van der Waals surface area (Å²) in [5.41, 5.74) is 2.00. The monoisotopic (exact) mass is 491 g/mol. The first-order valence-corrected chi connectivity index (χ1v) is 13.3. The van der Waals surface area contributed by atoms with Crippen molar-refractivity contribution >= 4 is 29.4 Å². The van der Waals surface area contributed by atoms with Gasteiger partial charge in [-0.3, -0.25) is 4.79 Å². The highest BCUT2D eigenvalue weighted by Crippen LogP contribution is 2.56. The molecule has 0 unspecified atom stereocenters. The van der Waals surface area contributed by atoms with Crippen LogP contribution in [0.3, 0.4) is 0 Å². The van der Waals surface area contributed by atoms with E-state index in [-0.39, 0.29) is 16.4 Å².